The molecule has 3 atom stereocenters. The lowest BCUT2D eigenvalue weighted by Gasteiger charge is -2.35. The van der Waals surface area contributed by atoms with Gasteiger partial charge in [0.25, 0.3) is 5.91 Å². The average Bonchev–Trinajstić information content (AvgIpc) is 3.47. The van der Waals surface area contributed by atoms with Gasteiger partial charge in [0, 0.05) is 28.1 Å². The van der Waals surface area contributed by atoms with Crippen LogP contribution in [0.2, 0.25) is 0 Å². The Bertz CT molecular complexity index is 1520. The van der Waals surface area contributed by atoms with Crippen LogP contribution >= 0.6 is 0 Å². The maximum Gasteiger partial charge on any atom is 0.255 e. The van der Waals surface area contributed by atoms with Crippen LogP contribution in [-0.2, 0) is 4.79 Å². The van der Waals surface area contributed by atoms with Crippen molar-refractivity contribution in [1.82, 2.24) is 15.2 Å². The Balaban J connectivity index is 1.65. The first kappa shape index (κ1) is 28.7. The van der Waals surface area contributed by atoms with Crippen LogP contribution in [0.3, 0.4) is 0 Å². The fourth-order valence-corrected chi connectivity index (χ4v) is 6.25. The number of H-pyrrole nitrogens is 1. The Labute approximate surface area is 244 Å². The summed E-state index contributed by atoms with van der Waals surface area (Å²) in [6, 6.07) is 23.7. The van der Waals surface area contributed by atoms with E-state index in [-0.39, 0.29) is 23.8 Å². The minimum atomic E-state index is -0.590. The summed E-state index contributed by atoms with van der Waals surface area (Å²) in [5.74, 6) is 0.0913. The van der Waals surface area contributed by atoms with Crippen molar-refractivity contribution in [3.05, 3.63) is 95.1 Å². The number of fused-ring (bicyclic) bond motifs is 2. The van der Waals surface area contributed by atoms with Crippen LogP contribution in [0.1, 0.15) is 92.9 Å². The monoisotopic (exact) mass is 549 g/mol. The number of aromatic amines is 1. The first-order valence-electron chi connectivity index (χ1n) is 15.2. The summed E-state index contributed by atoms with van der Waals surface area (Å²) in [6.07, 6.45) is 4.91. The standard InChI is InChI=1S/C36H43N3O2/c1-6-7-8-13-25(5)37-35(40)31(22-23(2)3)39-34(27-14-9-10-15-28(27)36(39)41)32-29-16-11-12-17-30(29)38-33(32)26-20-18-24(4)19-21-26/h9-12,14-21,23,25,31,34,38H,6-8,13,22H2,1-5H3,(H,37,40). The third kappa shape index (κ3) is 5.81. The topological polar surface area (TPSA) is 65.2 Å². The second-order valence-electron chi connectivity index (χ2n) is 12.1. The smallest absolute Gasteiger partial charge is 0.255 e. The summed E-state index contributed by atoms with van der Waals surface area (Å²) in [5.41, 5.74) is 6.93. The number of carbonyl (C=O) groups is 2. The van der Waals surface area contributed by atoms with Gasteiger partial charge in [0.2, 0.25) is 5.91 Å². The van der Waals surface area contributed by atoms with Gasteiger partial charge in [0.1, 0.15) is 6.04 Å². The number of aryl methyl sites for hydroxylation is 1. The number of amides is 2. The molecule has 41 heavy (non-hydrogen) atoms. The normalized spacial score (nSPS) is 16.3. The van der Waals surface area contributed by atoms with E-state index in [1.54, 1.807) is 0 Å². The number of rotatable bonds is 11. The number of para-hydroxylation sites is 1. The first-order chi connectivity index (χ1) is 19.8. The molecule has 2 heterocycles. The Morgan fingerprint density at radius 1 is 0.951 bits per heavy atom. The zero-order chi connectivity index (χ0) is 29.1. The first-order valence-corrected chi connectivity index (χ1v) is 15.2. The molecule has 0 bridgehead atoms. The molecule has 1 aromatic heterocycles. The summed E-state index contributed by atoms with van der Waals surface area (Å²) in [6.45, 7) is 10.6. The molecule has 5 rings (SSSR count). The molecule has 2 N–H and O–H groups in total. The molecule has 2 amide bonds. The molecule has 0 saturated heterocycles. The van der Waals surface area contributed by atoms with Crippen LogP contribution in [0, 0.1) is 12.8 Å². The number of hydrogen-bond donors (Lipinski definition) is 2. The van der Waals surface area contributed by atoms with Crippen molar-refractivity contribution in [2.75, 3.05) is 0 Å². The molecule has 3 aromatic carbocycles. The van der Waals surface area contributed by atoms with E-state index >= 15 is 0 Å². The van der Waals surface area contributed by atoms with Gasteiger partial charge in [-0.3, -0.25) is 9.59 Å². The highest BCUT2D eigenvalue weighted by atomic mass is 16.2. The van der Waals surface area contributed by atoms with E-state index in [1.165, 1.54) is 5.56 Å². The Morgan fingerprint density at radius 2 is 1.66 bits per heavy atom. The van der Waals surface area contributed by atoms with Gasteiger partial charge in [0.15, 0.2) is 0 Å². The number of aromatic nitrogens is 1. The van der Waals surface area contributed by atoms with Crippen molar-refractivity contribution in [2.24, 2.45) is 5.92 Å². The molecule has 0 radical (unpaired) electrons. The average molecular weight is 550 g/mol. The minimum Gasteiger partial charge on any atom is -0.354 e. The zero-order valence-corrected chi connectivity index (χ0v) is 25.0. The van der Waals surface area contributed by atoms with Crippen molar-refractivity contribution in [1.29, 1.82) is 0 Å². The molecule has 3 unspecified atom stereocenters. The van der Waals surface area contributed by atoms with Crippen molar-refractivity contribution < 1.29 is 9.59 Å². The lowest BCUT2D eigenvalue weighted by Crippen LogP contribution is -2.51. The van der Waals surface area contributed by atoms with Crippen LogP contribution < -0.4 is 5.32 Å². The second-order valence-corrected chi connectivity index (χ2v) is 12.1. The molecule has 4 aromatic rings. The van der Waals surface area contributed by atoms with Gasteiger partial charge < -0.3 is 15.2 Å². The lowest BCUT2D eigenvalue weighted by atomic mass is 9.91. The van der Waals surface area contributed by atoms with Crippen molar-refractivity contribution in [2.45, 2.75) is 84.8 Å². The highest BCUT2D eigenvalue weighted by Gasteiger charge is 2.45. The fourth-order valence-electron chi connectivity index (χ4n) is 6.25. The van der Waals surface area contributed by atoms with Crippen molar-refractivity contribution in [3.8, 4) is 11.3 Å². The minimum absolute atomic E-state index is 0.0541. The quantitative estimate of drug-likeness (QED) is 0.185. The third-order valence-corrected chi connectivity index (χ3v) is 8.32. The predicted molar refractivity (Wildman–Crippen MR) is 168 cm³/mol. The van der Waals surface area contributed by atoms with E-state index in [4.69, 9.17) is 0 Å². The highest BCUT2D eigenvalue weighted by molar-refractivity contribution is 6.04. The van der Waals surface area contributed by atoms with Crippen molar-refractivity contribution in [3.63, 3.8) is 0 Å². The Kier molecular flexibility index (Phi) is 8.63. The van der Waals surface area contributed by atoms with Gasteiger partial charge in [0.05, 0.1) is 11.7 Å². The molecule has 1 aliphatic rings. The largest absolute Gasteiger partial charge is 0.354 e. The summed E-state index contributed by atoms with van der Waals surface area (Å²) in [4.78, 5) is 33.9. The molecule has 0 spiro atoms. The fraction of sp³-hybridized carbons (Fsp3) is 0.389. The molecule has 0 fully saturated rings. The van der Waals surface area contributed by atoms with Gasteiger partial charge in [-0.05, 0) is 55.9 Å². The maximum absolute atomic E-state index is 14.3. The predicted octanol–water partition coefficient (Wildman–Crippen LogP) is 8.19. The lowest BCUT2D eigenvalue weighted by molar-refractivity contribution is -0.127. The number of carbonyl (C=O) groups excluding carboxylic acids is 2. The maximum atomic E-state index is 14.3. The van der Waals surface area contributed by atoms with E-state index in [2.05, 4.69) is 87.4 Å². The third-order valence-electron chi connectivity index (χ3n) is 8.32. The number of unbranched alkanes of at least 4 members (excludes halogenated alkanes) is 2. The molecule has 1 aliphatic heterocycles. The van der Waals surface area contributed by atoms with Crippen LogP contribution in [0.5, 0.6) is 0 Å². The van der Waals surface area contributed by atoms with Crippen molar-refractivity contribution >= 4 is 22.7 Å². The molecule has 5 heteroatoms. The zero-order valence-electron chi connectivity index (χ0n) is 25.0. The van der Waals surface area contributed by atoms with E-state index in [9.17, 15) is 9.59 Å². The summed E-state index contributed by atoms with van der Waals surface area (Å²) in [5, 5.41) is 4.35. The van der Waals surface area contributed by atoms with Crippen LogP contribution in [0.25, 0.3) is 22.2 Å². The summed E-state index contributed by atoms with van der Waals surface area (Å²) >= 11 is 0. The highest BCUT2D eigenvalue weighted by Crippen LogP contribution is 2.47. The molecule has 0 aliphatic carbocycles. The van der Waals surface area contributed by atoms with E-state index in [0.29, 0.717) is 12.0 Å². The SMILES string of the molecule is CCCCCC(C)NC(=O)C(CC(C)C)N1C(=O)c2ccccc2C1c1c(-c2ccc(C)cc2)[nH]c2ccccc12. The van der Waals surface area contributed by atoms with E-state index < -0.39 is 12.1 Å². The van der Waals surface area contributed by atoms with Gasteiger partial charge in [-0.1, -0.05) is 106 Å². The number of hydrogen-bond acceptors (Lipinski definition) is 2. The Morgan fingerprint density at radius 3 is 2.39 bits per heavy atom. The van der Waals surface area contributed by atoms with Gasteiger partial charge in [-0.2, -0.15) is 0 Å². The van der Waals surface area contributed by atoms with Gasteiger partial charge in [-0.15, -0.1) is 0 Å². The van der Waals surface area contributed by atoms with E-state index in [0.717, 1.165) is 59.0 Å². The molecule has 0 saturated carbocycles. The van der Waals surface area contributed by atoms with Gasteiger partial charge in [-0.25, -0.2) is 0 Å². The van der Waals surface area contributed by atoms with Crippen LogP contribution in [0.15, 0.2) is 72.8 Å². The Hall–Kier alpha value is -3.86. The molecule has 5 nitrogen and oxygen atoms in total. The summed E-state index contributed by atoms with van der Waals surface area (Å²) < 4.78 is 0. The van der Waals surface area contributed by atoms with Crippen LogP contribution in [-0.4, -0.2) is 33.8 Å². The van der Waals surface area contributed by atoms with Gasteiger partial charge >= 0.3 is 0 Å². The molecular formula is C36H43N3O2. The summed E-state index contributed by atoms with van der Waals surface area (Å²) in [7, 11) is 0. The van der Waals surface area contributed by atoms with E-state index in [1.807, 2.05) is 35.2 Å². The number of nitrogens with zero attached hydrogens (tertiary/aromatic N) is 1. The molecule has 214 valence electrons. The second kappa shape index (κ2) is 12.3. The molecular weight excluding hydrogens is 506 g/mol. The van der Waals surface area contributed by atoms with Crippen LogP contribution in [0.4, 0.5) is 0 Å². The number of benzene rings is 3. The number of nitrogens with one attached hydrogen (secondary N) is 2.